The number of carbonyl (C=O) groups excluding carboxylic acids is 2. The van der Waals surface area contributed by atoms with E-state index in [0.29, 0.717) is 49.8 Å². The molecule has 3 aromatic rings. The molecule has 2 aliphatic heterocycles. The highest BCUT2D eigenvalue weighted by Crippen LogP contribution is 2.40. The Kier molecular flexibility index (Phi) is 7.63. The van der Waals surface area contributed by atoms with Crippen molar-refractivity contribution in [2.75, 3.05) is 39.4 Å². The highest BCUT2D eigenvalue weighted by atomic mass is 16.5. The molecule has 2 saturated heterocycles. The third-order valence-electron chi connectivity index (χ3n) is 6.77. The molecule has 0 radical (unpaired) electrons. The minimum absolute atomic E-state index is 0.0957. The van der Waals surface area contributed by atoms with Crippen molar-refractivity contribution in [1.29, 1.82) is 0 Å². The van der Waals surface area contributed by atoms with Gasteiger partial charge in [-0.1, -0.05) is 72.8 Å². The van der Waals surface area contributed by atoms with Crippen molar-refractivity contribution in [2.45, 2.75) is 12.6 Å². The first-order chi connectivity index (χ1) is 18.1. The molecule has 0 spiro atoms. The summed E-state index contributed by atoms with van der Waals surface area (Å²) in [5, 5.41) is 11.2. The summed E-state index contributed by atoms with van der Waals surface area (Å²) in [4.78, 5) is 30.3. The number of hydrogen-bond acceptors (Lipinski definition) is 6. The Morgan fingerprint density at radius 3 is 2.32 bits per heavy atom. The van der Waals surface area contributed by atoms with Crippen LogP contribution in [-0.2, 0) is 20.9 Å². The van der Waals surface area contributed by atoms with Gasteiger partial charge < -0.3 is 19.5 Å². The van der Waals surface area contributed by atoms with E-state index < -0.39 is 17.7 Å². The summed E-state index contributed by atoms with van der Waals surface area (Å²) >= 11 is 0. The molecule has 1 unspecified atom stereocenters. The Bertz CT molecular complexity index is 1270. The Hall–Kier alpha value is -3.94. The van der Waals surface area contributed by atoms with E-state index in [0.717, 1.165) is 18.7 Å². The average molecular weight is 499 g/mol. The zero-order valence-corrected chi connectivity index (χ0v) is 20.6. The van der Waals surface area contributed by atoms with E-state index >= 15 is 0 Å². The number of morpholine rings is 1. The highest BCUT2D eigenvalue weighted by molar-refractivity contribution is 6.46. The quantitative estimate of drug-likeness (QED) is 0.287. The van der Waals surface area contributed by atoms with E-state index in [1.54, 1.807) is 29.2 Å². The van der Waals surface area contributed by atoms with Crippen LogP contribution in [0.2, 0.25) is 0 Å². The van der Waals surface area contributed by atoms with Crippen LogP contribution in [0.5, 0.6) is 5.75 Å². The molecule has 0 aliphatic carbocycles. The van der Waals surface area contributed by atoms with Crippen LogP contribution in [0.4, 0.5) is 0 Å². The molecule has 0 bridgehead atoms. The van der Waals surface area contributed by atoms with Gasteiger partial charge in [-0.05, 0) is 23.3 Å². The van der Waals surface area contributed by atoms with Gasteiger partial charge in [0.15, 0.2) is 0 Å². The first-order valence-corrected chi connectivity index (χ1v) is 12.5. The Morgan fingerprint density at radius 1 is 0.892 bits per heavy atom. The molecule has 2 fully saturated rings. The van der Waals surface area contributed by atoms with E-state index in [9.17, 15) is 14.7 Å². The van der Waals surface area contributed by atoms with Gasteiger partial charge in [-0.3, -0.25) is 14.5 Å². The third kappa shape index (κ3) is 5.58. The zero-order valence-electron chi connectivity index (χ0n) is 20.6. The number of aliphatic hydroxyl groups is 1. The molecule has 2 heterocycles. The van der Waals surface area contributed by atoms with Crippen LogP contribution in [0, 0.1) is 0 Å². The second kappa shape index (κ2) is 11.4. The molecule has 0 saturated carbocycles. The molecular formula is C30H30N2O5. The number of benzene rings is 3. The van der Waals surface area contributed by atoms with Gasteiger partial charge in [-0.25, -0.2) is 0 Å². The fourth-order valence-electron chi connectivity index (χ4n) is 4.80. The summed E-state index contributed by atoms with van der Waals surface area (Å²) in [6.07, 6.45) is 0. The van der Waals surface area contributed by atoms with Gasteiger partial charge in [-0.15, -0.1) is 0 Å². The summed E-state index contributed by atoms with van der Waals surface area (Å²) in [7, 11) is 0. The van der Waals surface area contributed by atoms with Crippen LogP contribution in [0.25, 0.3) is 5.76 Å². The number of aliphatic hydroxyl groups excluding tert-OH is 1. The van der Waals surface area contributed by atoms with Crippen molar-refractivity contribution in [2.24, 2.45) is 0 Å². The number of nitrogens with zero attached hydrogens (tertiary/aromatic N) is 2. The molecule has 7 heteroatoms. The lowest BCUT2D eigenvalue weighted by Gasteiger charge is -2.31. The molecule has 190 valence electrons. The Morgan fingerprint density at radius 2 is 1.59 bits per heavy atom. The molecule has 2 aliphatic rings. The number of likely N-dealkylation sites (tertiary alicyclic amines) is 1. The largest absolute Gasteiger partial charge is 0.507 e. The second-order valence-corrected chi connectivity index (χ2v) is 9.16. The van der Waals surface area contributed by atoms with Crippen molar-refractivity contribution in [3.8, 4) is 5.75 Å². The fourth-order valence-corrected chi connectivity index (χ4v) is 4.80. The number of Topliss-reactive ketones (excluding diaryl/α,β-unsaturated/α-hetero) is 1. The molecule has 1 atom stereocenters. The predicted octanol–water partition coefficient (Wildman–Crippen LogP) is 4.02. The molecule has 1 N–H and O–H groups in total. The predicted molar refractivity (Wildman–Crippen MR) is 140 cm³/mol. The van der Waals surface area contributed by atoms with Gasteiger partial charge in [0.2, 0.25) is 0 Å². The Labute approximate surface area is 216 Å². The summed E-state index contributed by atoms with van der Waals surface area (Å²) in [6, 6.07) is 25.4. The van der Waals surface area contributed by atoms with Crippen LogP contribution < -0.4 is 4.74 Å². The molecule has 1 amide bonds. The number of amides is 1. The van der Waals surface area contributed by atoms with E-state index in [-0.39, 0.29) is 11.3 Å². The molecule has 0 aromatic heterocycles. The minimum Gasteiger partial charge on any atom is -0.507 e. The van der Waals surface area contributed by atoms with E-state index in [2.05, 4.69) is 4.90 Å². The summed E-state index contributed by atoms with van der Waals surface area (Å²) in [5.41, 5.74) is 2.34. The first kappa shape index (κ1) is 24.7. The van der Waals surface area contributed by atoms with Crippen molar-refractivity contribution in [3.63, 3.8) is 0 Å². The monoisotopic (exact) mass is 498 g/mol. The van der Waals surface area contributed by atoms with Gasteiger partial charge in [-0.2, -0.15) is 0 Å². The highest BCUT2D eigenvalue weighted by Gasteiger charge is 2.46. The summed E-state index contributed by atoms with van der Waals surface area (Å²) < 4.78 is 11.5. The van der Waals surface area contributed by atoms with Gasteiger partial charge >= 0.3 is 0 Å². The maximum Gasteiger partial charge on any atom is 0.295 e. The van der Waals surface area contributed by atoms with Crippen molar-refractivity contribution >= 4 is 17.4 Å². The number of ketones is 1. The number of hydrogen-bond donors (Lipinski definition) is 1. The van der Waals surface area contributed by atoms with Gasteiger partial charge in [0.05, 0.1) is 24.8 Å². The van der Waals surface area contributed by atoms with Crippen LogP contribution in [0.3, 0.4) is 0 Å². The first-order valence-electron chi connectivity index (χ1n) is 12.5. The lowest BCUT2D eigenvalue weighted by Crippen LogP contribution is -2.42. The third-order valence-corrected chi connectivity index (χ3v) is 6.77. The smallest absolute Gasteiger partial charge is 0.295 e. The standard InChI is InChI=1S/C30H30N2O5/c33-28(23-10-5-2-6-11-23)26-27(32(30(35)29(26)34)15-14-31-16-18-36-19-17-31)24-12-7-13-25(20-24)37-21-22-8-3-1-4-9-22/h1-13,20,27,33H,14-19,21H2/b28-26+. The topological polar surface area (TPSA) is 79.3 Å². The maximum atomic E-state index is 13.3. The van der Waals surface area contributed by atoms with Crippen molar-refractivity contribution in [3.05, 3.63) is 107 Å². The number of ether oxygens (including phenoxy) is 2. The van der Waals surface area contributed by atoms with Crippen LogP contribution >= 0.6 is 0 Å². The normalized spacial score (nSPS) is 19.8. The van der Waals surface area contributed by atoms with Gasteiger partial charge in [0.1, 0.15) is 18.1 Å². The van der Waals surface area contributed by atoms with Gasteiger partial charge in [0, 0.05) is 31.7 Å². The molecule has 5 rings (SSSR count). The Balaban J connectivity index is 1.48. The fraction of sp³-hybridized carbons (Fsp3) is 0.267. The summed E-state index contributed by atoms with van der Waals surface area (Å²) in [5.74, 6) is -0.830. The molecular weight excluding hydrogens is 468 g/mol. The van der Waals surface area contributed by atoms with Crippen molar-refractivity contribution < 1.29 is 24.2 Å². The SMILES string of the molecule is O=C1C(=O)N(CCN2CCOCC2)C(c2cccc(OCc3ccccc3)c2)/C1=C(\O)c1ccccc1. The second-order valence-electron chi connectivity index (χ2n) is 9.16. The zero-order chi connectivity index (χ0) is 25.6. The lowest BCUT2D eigenvalue weighted by atomic mass is 9.95. The van der Waals surface area contributed by atoms with Crippen molar-refractivity contribution in [1.82, 2.24) is 9.80 Å². The minimum atomic E-state index is -0.721. The van der Waals surface area contributed by atoms with Crippen LogP contribution in [0.1, 0.15) is 22.7 Å². The lowest BCUT2D eigenvalue weighted by molar-refractivity contribution is -0.140. The van der Waals surface area contributed by atoms with E-state index in [4.69, 9.17) is 9.47 Å². The van der Waals surface area contributed by atoms with Gasteiger partial charge in [0.25, 0.3) is 11.7 Å². The van der Waals surface area contributed by atoms with E-state index in [1.165, 1.54) is 0 Å². The number of rotatable bonds is 8. The average Bonchev–Trinajstić information content (AvgIpc) is 3.21. The van der Waals surface area contributed by atoms with Crippen LogP contribution in [0.15, 0.2) is 90.5 Å². The summed E-state index contributed by atoms with van der Waals surface area (Å²) in [6.45, 7) is 4.22. The number of carbonyl (C=O) groups is 2. The van der Waals surface area contributed by atoms with Crippen LogP contribution in [-0.4, -0.2) is 66.0 Å². The maximum absolute atomic E-state index is 13.3. The van der Waals surface area contributed by atoms with E-state index in [1.807, 2.05) is 60.7 Å². The molecule has 3 aromatic carbocycles. The molecule has 37 heavy (non-hydrogen) atoms. The molecule has 7 nitrogen and oxygen atoms in total.